The van der Waals surface area contributed by atoms with Crippen LogP contribution in [0, 0.1) is 0 Å². The number of anilines is 1. The summed E-state index contributed by atoms with van der Waals surface area (Å²) in [5.41, 5.74) is 3.51. The quantitative estimate of drug-likeness (QED) is 0.847. The molecule has 0 aliphatic carbocycles. The van der Waals surface area contributed by atoms with Crippen LogP contribution in [-0.4, -0.2) is 6.54 Å². The van der Waals surface area contributed by atoms with Gasteiger partial charge in [0.15, 0.2) is 6.17 Å². The van der Waals surface area contributed by atoms with E-state index in [0.29, 0.717) is 16.1 Å². The van der Waals surface area contributed by atoms with Crippen LogP contribution >= 0.6 is 11.6 Å². The highest BCUT2D eigenvalue weighted by Gasteiger charge is 2.21. The largest absolute Gasteiger partial charge is 0.384 e. The van der Waals surface area contributed by atoms with Crippen LogP contribution in [0.25, 0.3) is 0 Å². The molecule has 0 saturated carbocycles. The van der Waals surface area contributed by atoms with Gasteiger partial charge >= 0.3 is 0 Å². The number of hydrogen-bond donors (Lipinski definition) is 1. The topological polar surface area (TPSA) is 12.0 Å². The normalized spacial score (nSPS) is 15.0. The SMILES string of the molecule is FC(c1ccc(Cl)cc1)c1cccc2c1NCC2. The lowest BCUT2D eigenvalue weighted by Gasteiger charge is -2.13. The first-order valence-corrected chi connectivity index (χ1v) is 6.39. The molecule has 0 bridgehead atoms. The van der Waals surface area contributed by atoms with Gasteiger partial charge in [0, 0.05) is 22.8 Å². The number of alkyl halides is 1. The minimum atomic E-state index is -1.11. The number of halogens is 2. The minimum absolute atomic E-state index is 0.627. The molecule has 3 rings (SSSR count). The second-order valence-corrected chi connectivity index (χ2v) is 4.91. The van der Waals surface area contributed by atoms with Gasteiger partial charge in [0.1, 0.15) is 0 Å². The first-order valence-electron chi connectivity index (χ1n) is 6.01. The summed E-state index contributed by atoms with van der Waals surface area (Å²) in [6, 6.07) is 12.7. The fraction of sp³-hybridized carbons (Fsp3) is 0.200. The zero-order chi connectivity index (χ0) is 12.5. The van der Waals surface area contributed by atoms with Gasteiger partial charge in [-0.15, -0.1) is 0 Å². The van der Waals surface area contributed by atoms with E-state index in [9.17, 15) is 4.39 Å². The summed E-state index contributed by atoms with van der Waals surface area (Å²) in [5.74, 6) is 0. The van der Waals surface area contributed by atoms with Crippen LogP contribution in [0.3, 0.4) is 0 Å². The summed E-state index contributed by atoms with van der Waals surface area (Å²) in [7, 11) is 0. The molecule has 2 aromatic carbocycles. The van der Waals surface area contributed by atoms with Crippen molar-refractivity contribution >= 4 is 17.3 Å². The van der Waals surface area contributed by atoms with E-state index < -0.39 is 6.17 Å². The monoisotopic (exact) mass is 261 g/mol. The minimum Gasteiger partial charge on any atom is -0.384 e. The zero-order valence-corrected chi connectivity index (χ0v) is 10.5. The number of nitrogens with one attached hydrogen (secondary N) is 1. The molecule has 1 heterocycles. The average molecular weight is 262 g/mol. The molecule has 1 atom stereocenters. The van der Waals surface area contributed by atoms with Crippen LogP contribution in [0.1, 0.15) is 22.9 Å². The highest BCUT2D eigenvalue weighted by atomic mass is 35.5. The maximum absolute atomic E-state index is 14.6. The third-order valence-electron chi connectivity index (χ3n) is 3.31. The van der Waals surface area contributed by atoms with Crippen LogP contribution in [-0.2, 0) is 6.42 Å². The maximum atomic E-state index is 14.6. The van der Waals surface area contributed by atoms with Gasteiger partial charge in [0.05, 0.1) is 0 Å². The summed E-state index contributed by atoms with van der Waals surface area (Å²) in [6.45, 7) is 0.889. The van der Waals surface area contributed by atoms with Crippen LogP contribution in [0.2, 0.25) is 5.02 Å². The summed E-state index contributed by atoms with van der Waals surface area (Å²) in [5, 5.41) is 3.89. The molecular formula is C15H13ClFN. The van der Waals surface area contributed by atoms with Gasteiger partial charge in [-0.1, -0.05) is 41.9 Å². The van der Waals surface area contributed by atoms with Gasteiger partial charge in [-0.2, -0.15) is 0 Å². The molecular weight excluding hydrogens is 249 g/mol. The number of rotatable bonds is 2. The Hall–Kier alpha value is -1.54. The highest BCUT2D eigenvalue weighted by molar-refractivity contribution is 6.30. The second-order valence-electron chi connectivity index (χ2n) is 4.47. The van der Waals surface area contributed by atoms with Crippen molar-refractivity contribution in [2.24, 2.45) is 0 Å². The Kier molecular flexibility index (Phi) is 2.96. The van der Waals surface area contributed by atoms with Crippen LogP contribution in [0.15, 0.2) is 42.5 Å². The molecule has 1 unspecified atom stereocenters. The predicted molar refractivity (Wildman–Crippen MR) is 73.0 cm³/mol. The van der Waals surface area contributed by atoms with Crippen molar-refractivity contribution in [3.05, 3.63) is 64.2 Å². The lowest BCUT2D eigenvalue weighted by atomic mass is 9.99. The number of benzene rings is 2. The van der Waals surface area contributed by atoms with E-state index in [2.05, 4.69) is 5.32 Å². The zero-order valence-electron chi connectivity index (χ0n) is 9.79. The van der Waals surface area contributed by atoms with Crippen LogP contribution < -0.4 is 5.32 Å². The fourth-order valence-electron chi connectivity index (χ4n) is 2.39. The van der Waals surface area contributed by atoms with Crippen LogP contribution in [0.4, 0.5) is 10.1 Å². The van der Waals surface area contributed by atoms with Gasteiger partial charge in [0.25, 0.3) is 0 Å². The van der Waals surface area contributed by atoms with Crippen molar-refractivity contribution in [2.45, 2.75) is 12.6 Å². The molecule has 0 saturated heterocycles. The van der Waals surface area contributed by atoms with Gasteiger partial charge < -0.3 is 5.32 Å². The van der Waals surface area contributed by atoms with Crippen molar-refractivity contribution < 1.29 is 4.39 Å². The lowest BCUT2D eigenvalue weighted by Crippen LogP contribution is -2.00. The van der Waals surface area contributed by atoms with E-state index in [4.69, 9.17) is 11.6 Å². The molecule has 0 aromatic heterocycles. The molecule has 0 amide bonds. The van der Waals surface area contributed by atoms with E-state index >= 15 is 0 Å². The molecule has 0 spiro atoms. The van der Waals surface area contributed by atoms with E-state index in [1.807, 2.05) is 18.2 Å². The number of hydrogen-bond acceptors (Lipinski definition) is 1. The van der Waals surface area contributed by atoms with Crippen molar-refractivity contribution in [1.29, 1.82) is 0 Å². The number of para-hydroxylation sites is 1. The molecule has 2 aromatic rings. The Morgan fingerprint density at radius 2 is 1.89 bits per heavy atom. The van der Waals surface area contributed by atoms with Gasteiger partial charge in [-0.25, -0.2) is 4.39 Å². The summed E-state index contributed by atoms with van der Waals surface area (Å²) in [6.07, 6.45) is -0.140. The van der Waals surface area contributed by atoms with Gasteiger partial charge in [0.2, 0.25) is 0 Å². The van der Waals surface area contributed by atoms with Crippen molar-refractivity contribution in [3.8, 4) is 0 Å². The molecule has 0 fully saturated rings. The van der Waals surface area contributed by atoms with Crippen LogP contribution in [0.5, 0.6) is 0 Å². The molecule has 1 nitrogen and oxygen atoms in total. The summed E-state index contributed by atoms with van der Waals surface area (Å²) in [4.78, 5) is 0. The summed E-state index contributed by atoms with van der Waals surface area (Å²) >= 11 is 5.82. The molecule has 0 radical (unpaired) electrons. The first-order chi connectivity index (χ1) is 8.75. The van der Waals surface area contributed by atoms with Gasteiger partial charge in [-0.3, -0.25) is 0 Å². The molecule has 1 aliphatic rings. The smallest absolute Gasteiger partial charge is 0.152 e. The Bertz CT molecular complexity index is 565. The van der Waals surface area contributed by atoms with E-state index in [0.717, 1.165) is 18.7 Å². The molecule has 1 N–H and O–H groups in total. The van der Waals surface area contributed by atoms with Crippen molar-refractivity contribution in [3.63, 3.8) is 0 Å². The Balaban J connectivity index is 2.00. The Labute approximate surface area is 111 Å². The maximum Gasteiger partial charge on any atom is 0.152 e. The van der Waals surface area contributed by atoms with Crippen molar-refractivity contribution in [2.75, 3.05) is 11.9 Å². The van der Waals surface area contributed by atoms with E-state index in [1.54, 1.807) is 24.3 Å². The standard InChI is InChI=1S/C15H13ClFN/c16-12-6-4-10(5-7-12)14(17)13-3-1-2-11-8-9-18-15(11)13/h1-7,14,18H,8-9H2. The first kappa shape index (κ1) is 11.5. The fourth-order valence-corrected chi connectivity index (χ4v) is 2.51. The number of fused-ring (bicyclic) bond motifs is 1. The Morgan fingerprint density at radius 3 is 2.67 bits per heavy atom. The highest BCUT2D eigenvalue weighted by Crippen LogP contribution is 2.36. The molecule has 3 heteroatoms. The van der Waals surface area contributed by atoms with E-state index in [1.165, 1.54) is 5.56 Å². The second kappa shape index (κ2) is 4.62. The average Bonchev–Trinajstić information content (AvgIpc) is 2.87. The molecule has 1 aliphatic heterocycles. The van der Waals surface area contributed by atoms with Crippen molar-refractivity contribution in [1.82, 2.24) is 0 Å². The summed E-state index contributed by atoms with van der Waals surface area (Å²) < 4.78 is 14.6. The predicted octanol–water partition coefficient (Wildman–Crippen LogP) is 4.37. The lowest BCUT2D eigenvalue weighted by molar-refractivity contribution is 0.403. The third kappa shape index (κ3) is 1.97. The van der Waals surface area contributed by atoms with Gasteiger partial charge in [-0.05, 0) is 29.7 Å². The third-order valence-corrected chi connectivity index (χ3v) is 3.57. The molecule has 18 heavy (non-hydrogen) atoms. The molecule has 92 valence electrons. The van der Waals surface area contributed by atoms with E-state index in [-0.39, 0.29) is 0 Å². The Morgan fingerprint density at radius 1 is 1.11 bits per heavy atom.